The summed E-state index contributed by atoms with van der Waals surface area (Å²) in [6.45, 7) is 5.29. The maximum atomic E-state index is 11.7. The molecule has 1 heterocycles. The van der Waals surface area contributed by atoms with Crippen molar-refractivity contribution in [3.05, 3.63) is 16.8 Å². The monoisotopic (exact) mass is 317 g/mol. The topological polar surface area (TPSA) is 64.6 Å². The molecule has 0 aliphatic carbocycles. The van der Waals surface area contributed by atoms with Crippen LogP contribution in [0.4, 0.5) is 4.79 Å². The van der Waals surface area contributed by atoms with Crippen LogP contribution in [0.1, 0.15) is 20.8 Å². The average Bonchev–Trinajstić information content (AvgIpc) is 2.84. The van der Waals surface area contributed by atoms with Gasteiger partial charge in [-0.2, -0.15) is 11.3 Å². The number of amides is 1. The molecule has 1 unspecified atom stereocenters. The Morgan fingerprint density at radius 3 is 2.65 bits per heavy atom. The zero-order valence-electron chi connectivity index (χ0n) is 12.0. The van der Waals surface area contributed by atoms with Gasteiger partial charge in [0, 0.05) is 16.0 Å². The Hall–Kier alpha value is -1.21. The van der Waals surface area contributed by atoms with Crippen LogP contribution in [-0.4, -0.2) is 36.6 Å². The molecule has 0 fully saturated rings. The van der Waals surface area contributed by atoms with Gasteiger partial charge in [0.1, 0.15) is 11.6 Å². The summed E-state index contributed by atoms with van der Waals surface area (Å²) in [5, 5.41) is 6.47. The highest BCUT2D eigenvalue weighted by molar-refractivity contribution is 7.99. The number of esters is 1. The number of hydrogen-bond acceptors (Lipinski definition) is 6. The van der Waals surface area contributed by atoms with Gasteiger partial charge < -0.3 is 14.8 Å². The van der Waals surface area contributed by atoms with Gasteiger partial charge >= 0.3 is 12.1 Å². The minimum absolute atomic E-state index is 0.392. The zero-order chi connectivity index (χ0) is 15.2. The number of carbonyl (C=O) groups excluding carboxylic acids is 2. The zero-order valence-corrected chi connectivity index (χ0v) is 13.6. The Kier molecular flexibility index (Phi) is 6.35. The molecule has 0 aliphatic rings. The third-order valence-corrected chi connectivity index (χ3v) is 4.01. The van der Waals surface area contributed by atoms with Crippen molar-refractivity contribution in [1.29, 1.82) is 0 Å². The van der Waals surface area contributed by atoms with Crippen molar-refractivity contribution in [2.24, 2.45) is 0 Å². The van der Waals surface area contributed by atoms with Crippen molar-refractivity contribution in [3.8, 4) is 0 Å². The molecule has 5 nitrogen and oxygen atoms in total. The maximum Gasteiger partial charge on any atom is 0.408 e. The second-order valence-electron chi connectivity index (χ2n) is 4.99. The molecule has 1 N–H and O–H groups in total. The van der Waals surface area contributed by atoms with Crippen LogP contribution in [0.3, 0.4) is 0 Å². The van der Waals surface area contributed by atoms with E-state index in [9.17, 15) is 9.59 Å². The first-order chi connectivity index (χ1) is 9.31. The second-order valence-corrected chi connectivity index (χ2v) is 6.87. The van der Waals surface area contributed by atoms with E-state index >= 15 is 0 Å². The van der Waals surface area contributed by atoms with Gasteiger partial charge in [0.05, 0.1) is 7.11 Å². The van der Waals surface area contributed by atoms with E-state index in [-0.39, 0.29) is 0 Å². The van der Waals surface area contributed by atoms with Crippen molar-refractivity contribution in [3.63, 3.8) is 0 Å². The number of hydrogen-bond donors (Lipinski definition) is 1. The average molecular weight is 317 g/mol. The predicted octanol–water partition coefficient (Wildman–Crippen LogP) is 2.91. The van der Waals surface area contributed by atoms with Crippen molar-refractivity contribution in [1.82, 2.24) is 5.32 Å². The maximum absolute atomic E-state index is 11.7. The standard InChI is InChI=1S/C13H19NO4S2/c1-13(2,3)18-12(16)14-10(11(15)17-4)8-20-9-5-6-19-7-9/h5-7,10H,8H2,1-4H3,(H,14,16). The van der Waals surface area contributed by atoms with Crippen molar-refractivity contribution < 1.29 is 19.1 Å². The van der Waals surface area contributed by atoms with Gasteiger partial charge in [-0.1, -0.05) is 0 Å². The molecule has 0 aliphatic heterocycles. The van der Waals surface area contributed by atoms with E-state index in [0.29, 0.717) is 5.75 Å². The number of thioether (sulfide) groups is 1. The quantitative estimate of drug-likeness (QED) is 0.668. The highest BCUT2D eigenvalue weighted by Crippen LogP contribution is 2.21. The summed E-state index contributed by atoms with van der Waals surface area (Å²) in [5.41, 5.74) is -0.606. The normalized spacial score (nSPS) is 12.6. The molecule has 20 heavy (non-hydrogen) atoms. The fourth-order valence-corrected chi connectivity index (χ4v) is 3.06. The van der Waals surface area contributed by atoms with Crippen LogP contribution in [0.2, 0.25) is 0 Å². The Balaban J connectivity index is 2.56. The molecule has 1 aromatic rings. The van der Waals surface area contributed by atoms with E-state index in [1.54, 1.807) is 32.1 Å². The SMILES string of the molecule is COC(=O)C(CSc1ccsc1)NC(=O)OC(C)(C)C. The largest absolute Gasteiger partial charge is 0.467 e. The number of alkyl carbamates (subject to hydrolysis) is 1. The third kappa shape index (κ3) is 6.29. The lowest BCUT2D eigenvalue weighted by molar-refractivity contribution is -0.142. The van der Waals surface area contributed by atoms with E-state index in [1.165, 1.54) is 18.9 Å². The van der Waals surface area contributed by atoms with Gasteiger partial charge in [-0.25, -0.2) is 9.59 Å². The van der Waals surface area contributed by atoms with Crippen LogP contribution in [0, 0.1) is 0 Å². The molecule has 0 spiro atoms. The third-order valence-electron chi connectivity index (χ3n) is 2.09. The van der Waals surface area contributed by atoms with Crippen molar-refractivity contribution in [2.75, 3.05) is 12.9 Å². The Bertz CT molecular complexity index is 440. The molecular weight excluding hydrogens is 298 g/mol. The number of carbonyl (C=O) groups is 2. The molecule has 1 rings (SSSR count). The first-order valence-electron chi connectivity index (χ1n) is 6.04. The summed E-state index contributed by atoms with van der Waals surface area (Å²) in [5.74, 6) is -0.0959. The van der Waals surface area contributed by atoms with Gasteiger partial charge in [0.2, 0.25) is 0 Å². The van der Waals surface area contributed by atoms with E-state index in [2.05, 4.69) is 5.32 Å². The van der Waals surface area contributed by atoms with Crippen molar-refractivity contribution >= 4 is 35.2 Å². The molecule has 1 atom stereocenters. The van der Waals surface area contributed by atoms with Crippen LogP contribution in [-0.2, 0) is 14.3 Å². The van der Waals surface area contributed by atoms with Gasteiger partial charge in [0.15, 0.2) is 0 Å². The lowest BCUT2D eigenvalue weighted by Gasteiger charge is -2.22. The first kappa shape index (κ1) is 16.8. The number of ether oxygens (including phenoxy) is 2. The molecule has 112 valence electrons. The van der Waals surface area contributed by atoms with Crippen LogP contribution in [0.15, 0.2) is 21.7 Å². The number of rotatable bonds is 5. The van der Waals surface area contributed by atoms with Crippen LogP contribution >= 0.6 is 23.1 Å². The molecule has 7 heteroatoms. The van der Waals surface area contributed by atoms with Gasteiger partial charge in [-0.05, 0) is 32.2 Å². The molecule has 0 saturated heterocycles. The summed E-state index contributed by atoms with van der Waals surface area (Å²) in [6.07, 6.45) is -0.626. The molecular formula is C13H19NO4S2. The number of nitrogens with one attached hydrogen (secondary N) is 1. The molecule has 1 aromatic heterocycles. The summed E-state index contributed by atoms with van der Waals surface area (Å²) in [7, 11) is 1.29. The summed E-state index contributed by atoms with van der Waals surface area (Å²) in [4.78, 5) is 24.4. The molecule has 1 amide bonds. The molecule has 0 aromatic carbocycles. The Morgan fingerprint density at radius 1 is 1.45 bits per heavy atom. The lowest BCUT2D eigenvalue weighted by atomic mass is 10.2. The highest BCUT2D eigenvalue weighted by atomic mass is 32.2. The van der Waals surface area contributed by atoms with E-state index in [0.717, 1.165) is 4.90 Å². The van der Waals surface area contributed by atoms with Crippen LogP contribution in [0.5, 0.6) is 0 Å². The number of methoxy groups -OCH3 is 1. The first-order valence-corrected chi connectivity index (χ1v) is 7.97. The fraction of sp³-hybridized carbons (Fsp3) is 0.538. The van der Waals surface area contributed by atoms with E-state index in [4.69, 9.17) is 9.47 Å². The van der Waals surface area contributed by atoms with Gasteiger partial charge in [-0.3, -0.25) is 0 Å². The summed E-state index contributed by atoms with van der Waals surface area (Å²) in [6, 6.07) is 1.22. The Labute approximate surface area is 127 Å². The van der Waals surface area contributed by atoms with E-state index in [1.807, 2.05) is 16.8 Å². The van der Waals surface area contributed by atoms with Crippen molar-refractivity contribution in [2.45, 2.75) is 37.3 Å². The van der Waals surface area contributed by atoms with E-state index < -0.39 is 23.7 Å². The predicted molar refractivity (Wildman–Crippen MR) is 80.2 cm³/mol. The Morgan fingerprint density at radius 2 is 2.15 bits per heavy atom. The second kappa shape index (κ2) is 7.54. The van der Waals surface area contributed by atoms with Gasteiger partial charge in [0.25, 0.3) is 0 Å². The van der Waals surface area contributed by atoms with Gasteiger partial charge in [-0.15, -0.1) is 11.8 Å². The molecule has 0 saturated carbocycles. The van der Waals surface area contributed by atoms with Crippen LogP contribution < -0.4 is 5.32 Å². The molecule has 0 radical (unpaired) electrons. The smallest absolute Gasteiger partial charge is 0.408 e. The fourth-order valence-electron chi connectivity index (χ4n) is 1.27. The summed E-state index contributed by atoms with van der Waals surface area (Å²) >= 11 is 3.06. The number of thiophene rings is 1. The summed E-state index contributed by atoms with van der Waals surface area (Å²) < 4.78 is 9.83. The molecule has 0 bridgehead atoms. The minimum Gasteiger partial charge on any atom is -0.467 e. The lowest BCUT2D eigenvalue weighted by Crippen LogP contribution is -2.45. The van der Waals surface area contributed by atoms with Crippen LogP contribution in [0.25, 0.3) is 0 Å². The minimum atomic E-state index is -0.736. The highest BCUT2D eigenvalue weighted by Gasteiger charge is 2.25.